The van der Waals surface area contributed by atoms with Crippen LogP contribution >= 0.6 is 11.3 Å². The summed E-state index contributed by atoms with van der Waals surface area (Å²) in [6, 6.07) is 3.42. The van der Waals surface area contributed by atoms with E-state index in [9.17, 15) is 13.2 Å². The van der Waals surface area contributed by atoms with Crippen molar-refractivity contribution >= 4 is 42.6 Å². The normalized spacial score (nSPS) is 19.3. The third-order valence-electron chi connectivity index (χ3n) is 3.98. The Morgan fingerprint density at radius 1 is 1.39 bits per heavy atom. The Balaban J connectivity index is 1.84. The lowest BCUT2D eigenvalue weighted by Gasteiger charge is -2.20. The minimum absolute atomic E-state index is 0.304. The lowest BCUT2D eigenvalue weighted by Crippen LogP contribution is -2.42. The van der Waals surface area contributed by atoms with Gasteiger partial charge in [-0.25, -0.2) is 13.4 Å². The van der Waals surface area contributed by atoms with Gasteiger partial charge in [0.2, 0.25) is 15.9 Å². The molecule has 8 heteroatoms. The quantitative estimate of drug-likeness (QED) is 0.918. The molecule has 1 aliphatic heterocycles. The Hall–Kier alpha value is -1.51. The topological polar surface area (TPSA) is 79.4 Å². The fourth-order valence-electron chi connectivity index (χ4n) is 3.02. The van der Waals surface area contributed by atoms with Gasteiger partial charge in [-0.15, -0.1) is 0 Å². The molecule has 1 amide bonds. The average molecular weight is 353 g/mol. The monoisotopic (exact) mass is 353 g/mol. The molecule has 1 saturated heterocycles. The first-order valence-electron chi connectivity index (χ1n) is 7.41. The number of benzene rings is 1. The molecule has 0 saturated carbocycles. The van der Waals surface area contributed by atoms with E-state index in [1.54, 1.807) is 0 Å². The molecule has 0 aliphatic carbocycles. The smallest absolute Gasteiger partial charge is 0.244 e. The second-order valence-corrected chi connectivity index (χ2v) is 8.90. The highest BCUT2D eigenvalue weighted by atomic mass is 32.2. The molecule has 1 aromatic carbocycles. The van der Waals surface area contributed by atoms with E-state index in [-0.39, 0.29) is 5.91 Å². The highest BCUT2D eigenvalue weighted by Gasteiger charge is 2.36. The van der Waals surface area contributed by atoms with Gasteiger partial charge >= 0.3 is 0 Å². The van der Waals surface area contributed by atoms with Gasteiger partial charge in [0.05, 0.1) is 16.5 Å². The SMILES string of the molecule is Cc1cc(C)c2sc(NC(=O)C3CCCN3S(C)(=O)=O)nc2c1. The van der Waals surface area contributed by atoms with Crippen molar-refractivity contribution < 1.29 is 13.2 Å². The van der Waals surface area contributed by atoms with Crippen molar-refractivity contribution in [2.45, 2.75) is 32.7 Å². The molecule has 1 atom stereocenters. The lowest BCUT2D eigenvalue weighted by atomic mass is 10.1. The zero-order valence-electron chi connectivity index (χ0n) is 13.3. The van der Waals surface area contributed by atoms with Crippen LogP contribution in [0.4, 0.5) is 5.13 Å². The van der Waals surface area contributed by atoms with E-state index in [1.165, 1.54) is 15.6 Å². The number of hydrogen-bond acceptors (Lipinski definition) is 5. The van der Waals surface area contributed by atoms with E-state index in [0.717, 1.165) is 27.6 Å². The summed E-state index contributed by atoms with van der Waals surface area (Å²) in [6.07, 6.45) is 2.38. The summed E-state index contributed by atoms with van der Waals surface area (Å²) in [5, 5.41) is 3.30. The number of thiazole rings is 1. The molecule has 1 fully saturated rings. The number of amides is 1. The van der Waals surface area contributed by atoms with Crippen molar-refractivity contribution in [3.8, 4) is 0 Å². The number of sulfonamides is 1. The maximum absolute atomic E-state index is 12.4. The average Bonchev–Trinajstić information content (AvgIpc) is 3.03. The molecule has 6 nitrogen and oxygen atoms in total. The first kappa shape index (κ1) is 16.4. The van der Waals surface area contributed by atoms with Crippen LogP contribution in [-0.2, 0) is 14.8 Å². The number of nitrogens with one attached hydrogen (secondary N) is 1. The largest absolute Gasteiger partial charge is 0.301 e. The number of rotatable bonds is 3. The first-order chi connectivity index (χ1) is 10.8. The number of nitrogens with zero attached hydrogens (tertiary/aromatic N) is 2. The number of hydrogen-bond donors (Lipinski definition) is 1. The van der Waals surface area contributed by atoms with Crippen molar-refractivity contribution in [1.82, 2.24) is 9.29 Å². The molecular formula is C15H19N3O3S2. The maximum atomic E-state index is 12.4. The molecule has 0 radical (unpaired) electrons. The molecule has 2 heterocycles. The van der Waals surface area contributed by atoms with Crippen LogP contribution in [0.1, 0.15) is 24.0 Å². The van der Waals surface area contributed by atoms with Gasteiger partial charge in [0.25, 0.3) is 0 Å². The predicted molar refractivity (Wildman–Crippen MR) is 92.3 cm³/mol. The molecule has 2 aromatic rings. The number of anilines is 1. The highest BCUT2D eigenvalue weighted by molar-refractivity contribution is 7.88. The summed E-state index contributed by atoms with van der Waals surface area (Å²) in [7, 11) is -3.37. The van der Waals surface area contributed by atoms with E-state index < -0.39 is 16.1 Å². The van der Waals surface area contributed by atoms with Gasteiger partial charge < -0.3 is 5.32 Å². The van der Waals surface area contributed by atoms with Crippen LogP contribution < -0.4 is 5.32 Å². The number of fused-ring (bicyclic) bond motifs is 1. The third kappa shape index (κ3) is 3.24. The van der Waals surface area contributed by atoms with Gasteiger partial charge in [-0.1, -0.05) is 17.4 Å². The Labute approximate surface area is 139 Å². The van der Waals surface area contributed by atoms with Crippen molar-refractivity contribution in [1.29, 1.82) is 0 Å². The molecule has 23 heavy (non-hydrogen) atoms. The molecule has 1 aliphatic rings. The van der Waals surface area contributed by atoms with E-state index in [1.807, 2.05) is 19.9 Å². The van der Waals surface area contributed by atoms with E-state index in [0.29, 0.717) is 24.5 Å². The maximum Gasteiger partial charge on any atom is 0.244 e. The Kier molecular flexibility index (Phi) is 4.16. The standard InChI is InChI=1S/C15H19N3O3S2/c1-9-7-10(2)13-11(8-9)16-15(22-13)17-14(19)12-5-4-6-18(12)23(3,20)21/h7-8,12H,4-6H2,1-3H3,(H,16,17,19). The summed E-state index contributed by atoms with van der Waals surface area (Å²) < 4.78 is 25.8. The Morgan fingerprint density at radius 2 is 2.13 bits per heavy atom. The summed E-state index contributed by atoms with van der Waals surface area (Å²) >= 11 is 1.42. The third-order valence-corrected chi connectivity index (χ3v) is 6.39. The molecule has 3 rings (SSSR count). The second-order valence-electron chi connectivity index (χ2n) is 5.97. The lowest BCUT2D eigenvalue weighted by molar-refractivity contribution is -0.119. The van der Waals surface area contributed by atoms with Crippen molar-refractivity contribution in [3.05, 3.63) is 23.3 Å². The van der Waals surface area contributed by atoms with Gasteiger partial charge in [0.1, 0.15) is 6.04 Å². The van der Waals surface area contributed by atoms with E-state index in [2.05, 4.69) is 16.4 Å². The van der Waals surface area contributed by atoms with Gasteiger partial charge in [0, 0.05) is 6.54 Å². The van der Waals surface area contributed by atoms with Gasteiger partial charge in [0.15, 0.2) is 5.13 Å². The Bertz CT molecular complexity index is 873. The fraction of sp³-hybridized carbons (Fsp3) is 0.467. The zero-order chi connectivity index (χ0) is 16.8. The molecule has 124 valence electrons. The van der Waals surface area contributed by atoms with Crippen LogP contribution in [0.15, 0.2) is 12.1 Å². The van der Waals surface area contributed by atoms with Crippen molar-refractivity contribution in [3.63, 3.8) is 0 Å². The highest BCUT2D eigenvalue weighted by Crippen LogP contribution is 2.30. The molecule has 1 N–H and O–H groups in total. The van der Waals surface area contributed by atoms with E-state index in [4.69, 9.17) is 0 Å². The number of aromatic nitrogens is 1. The van der Waals surface area contributed by atoms with Crippen LogP contribution in [0.3, 0.4) is 0 Å². The summed E-state index contributed by atoms with van der Waals surface area (Å²) in [4.78, 5) is 16.9. The summed E-state index contributed by atoms with van der Waals surface area (Å²) in [5.41, 5.74) is 3.10. The van der Waals surface area contributed by atoms with Crippen LogP contribution in [0, 0.1) is 13.8 Å². The Morgan fingerprint density at radius 3 is 2.83 bits per heavy atom. The number of carbonyl (C=O) groups excluding carboxylic acids is 1. The number of aryl methyl sites for hydroxylation is 2. The predicted octanol–water partition coefficient (Wildman–Crippen LogP) is 2.28. The van der Waals surface area contributed by atoms with Crippen molar-refractivity contribution in [2.24, 2.45) is 0 Å². The summed E-state index contributed by atoms with van der Waals surface area (Å²) in [5.74, 6) is -0.304. The van der Waals surface area contributed by atoms with Crippen LogP contribution in [0.2, 0.25) is 0 Å². The minimum atomic E-state index is -3.37. The minimum Gasteiger partial charge on any atom is -0.301 e. The molecule has 0 spiro atoms. The van der Waals surface area contributed by atoms with Gasteiger partial charge in [-0.2, -0.15) is 4.31 Å². The van der Waals surface area contributed by atoms with Gasteiger partial charge in [-0.05, 0) is 43.9 Å². The molecule has 0 bridgehead atoms. The first-order valence-corrected chi connectivity index (χ1v) is 10.1. The van der Waals surface area contributed by atoms with Gasteiger partial charge in [-0.3, -0.25) is 4.79 Å². The zero-order valence-corrected chi connectivity index (χ0v) is 14.9. The van der Waals surface area contributed by atoms with Crippen LogP contribution in [-0.4, -0.2) is 42.5 Å². The fourth-order valence-corrected chi connectivity index (χ4v) is 5.06. The molecular weight excluding hydrogens is 334 g/mol. The van der Waals surface area contributed by atoms with E-state index >= 15 is 0 Å². The molecule has 1 unspecified atom stereocenters. The van der Waals surface area contributed by atoms with Crippen LogP contribution in [0.25, 0.3) is 10.2 Å². The van der Waals surface area contributed by atoms with Crippen LogP contribution in [0.5, 0.6) is 0 Å². The van der Waals surface area contributed by atoms with Crippen molar-refractivity contribution in [2.75, 3.05) is 18.1 Å². The summed E-state index contributed by atoms with van der Waals surface area (Å²) in [6.45, 7) is 4.42. The number of carbonyl (C=O) groups is 1. The second kappa shape index (κ2) is 5.85. The molecule has 1 aromatic heterocycles.